The van der Waals surface area contributed by atoms with Gasteiger partial charge in [0, 0.05) is 19.2 Å². The Bertz CT molecular complexity index is 1140. The van der Waals surface area contributed by atoms with Crippen molar-refractivity contribution in [2.24, 2.45) is 5.92 Å². The summed E-state index contributed by atoms with van der Waals surface area (Å²) in [6.07, 6.45) is 0.867. The van der Waals surface area contributed by atoms with Crippen molar-refractivity contribution < 1.29 is 26.8 Å². The van der Waals surface area contributed by atoms with E-state index in [0.29, 0.717) is 16.9 Å². The van der Waals surface area contributed by atoms with Gasteiger partial charge in [-0.15, -0.1) is 0 Å². The van der Waals surface area contributed by atoms with Crippen LogP contribution in [0.3, 0.4) is 0 Å². The Balaban J connectivity index is 2.40. The van der Waals surface area contributed by atoms with Crippen molar-refractivity contribution >= 4 is 27.5 Å². The molecule has 34 heavy (non-hydrogen) atoms. The van der Waals surface area contributed by atoms with Crippen LogP contribution in [0.15, 0.2) is 42.5 Å². The Morgan fingerprint density at radius 1 is 1.03 bits per heavy atom. The van der Waals surface area contributed by atoms with Crippen LogP contribution >= 0.6 is 0 Å². The maximum Gasteiger partial charge on any atom is 0.244 e. The first-order valence-electron chi connectivity index (χ1n) is 10.9. The van der Waals surface area contributed by atoms with Gasteiger partial charge in [-0.05, 0) is 43.0 Å². The summed E-state index contributed by atoms with van der Waals surface area (Å²) in [7, 11) is -4.03. The van der Waals surface area contributed by atoms with Crippen LogP contribution in [0.1, 0.15) is 31.9 Å². The van der Waals surface area contributed by atoms with Crippen molar-refractivity contribution in [1.82, 2.24) is 10.2 Å². The van der Waals surface area contributed by atoms with Crippen LogP contribution < -0.4 is 9.62 Å². The summed E-state index contributed by atoms with van der Waals surface area (Å²) in [6.45, 7) is 7.11. The summed E-state index contributed by atoms with van der Waals surface area (Å²) in [5.74, 6) is -3.22. The Kier molecular flexibility index (Phi) is 9.14. The van der Waals surface area contributed by atoms with Crippen molar-refractivity contribution in [3.8, 4) is 0 Å². The molecule has 0 aromatic heterocycles. The van der Waals surface area contributed by atoms with Gasteiger partial charge in [0.25, 0.3) is 0 Å². The maximum absolute atomic E-state index is 13.8. The lowest BCUT2D eigenvalue weighted by Gasteiger charge is -2.32. The number of carbonyl (C=O) groups excluding carboxylic acids is 2. The number of halogens is 2. The lowest BCUT2D eigenvalue weighted by atomic mass is 10.1. The molecular weight excluding hydrogens is 464 g/mol. The second-order valence-corrected chi connectivity index (χ2v) is 10.5. The molecule has 2 amide bonds. The van der Waals surface area contributed by atoms with E-state index in [4.69, 9.17) is 0 Å². The van der Waals surface area contributed by atoms with Gasteiger partial charge >= 0.3 is 0 Å². The van der Waals surface area contributed by atoms with Gasteiger partial charge in [-0.3, -0.25) is 13.9 Å². The van der Waals surface area contributed by atoms with Gasteiger partial charge in [0.1, 0.15) is 12.6 Å². The molecule has 2 rings (SSSR count). The highest BCUT2D eigenvalue weighted by atomic mass is 32.2. The SMILES string of the molecule is Cc1ccccc1CN(C(=O)CN(c1ccc(F)c(F)c1)S(C)(=O)=O)[C@@H](C)C(=O)NCC(C)C. The molecule has 0 heterocycles. The van der Waals surface area contributed by atoms with Crippen LogP contribution in [0, 0.1) is 24.5 Å². The van der Waals surface area contributed by atoms with E-state index in [1.54, 1.807) is 13.0 Å². The van der Waals surface area contributed by atoms with Gasteiger partial charge in [-0.25, -0.2) is 17.2 Å². The molecular formula is C24H31F2N3O4S. The fourth-order valence-electron chi connectivity index (χ4n) is 3.26. The van der Waals surface area contributed by atoms with E-state index in [0.717, 1.165) is 29.5 Å². The molecule has 186 valence electrons. The summed E-state index contributed by atoms with van der Waals surface area (Å²) >= 11 is 0. The minimum atomic E-state index is -4.03. The fraction of sp³-hybridized carbons (Fsp3) is 0.417. The molecule has 0 aliphatic rings. The molecule has 2 aromatic carbocycles. The monoisotopic (exact) mass is 495 g/mol. The normalized spacial score (nSPS) is 12.4. The van der Waals surface area contributed by atoms with E-state index in [2.05, 4.69) is 5.32 Å². The van der Waals surface area contributed by atoms with Gasteiger partial charge in [0.15, 0.2) is 11.6 Å². The fourth-order valence-corrected chi connectivity index (χ4v) is 4.10. The number of hydrogen-bond donors (Lipinski definition) is 1. The smallest absolute Gasteiger partial charge is 0.244 e. The van der Waals surface area contributed by atoms with E-state index >= 15 is 0 Å². The zero-order valence-corrected chi connectivity index (χ0v) is 20.8. The molecule has 1 atom stereocenters. The predicted molar refractivity (Wildman–Crippen MR) is 128 cm³/mol. The molecule has 7 nitrogen and oxygen atoms in total. The minimum Gasteiger partial charge on any atom is -0.354 e. The predicted octanol–water partition coefficient (Wildman–Crippen LogP) is 3.23. The van der Waals surface area contributed by atoms with Gasteiger partial charge in [0.05, 0.1) is 11.9 Å². The highest BCUT2D eigenvalue weighted by molar-refractivity contribution is 7.92. The van der Waals surface area contributed by atoms with Gasteiger partial charge < -0.3 is 10.2 Å². The average molecular weight is 496 g/mol. The molecule has 10 heteroatoms. The van der Waals surface area contributed by atoms with Crippen LogP contribution in [0.5, 0.6) is 0 Å². The molecule has 0 spiro atoms. The van der Waals surface area contributed by atoms with E-state index in [1.165, 1.54) is 4.90 Å². The van der Waals surface area contributed by atoms with E-state index in [1.807, 2.05) is 39.0 Å². The Morgan fingerprint density at radius 3 is 2.24 bits per heavy atom. The second-order valence-electron chi connectivity index (χ2n) is 8.63. The van der Waals surface area contributed by atoms with Crippen LogP contribution in [0.2, 0.25) is 0 Å². The zero-order chi connectivity index (χ0) is 25.6. The number of amides is 2. The van der Waals surface area contributed by atoms with Crippen LogP contribution in [0.25, 0.3) is 0 Å². The summed E-state index contributed by atoms with van der Waals surface area (Å²) in [5, 5.41) is 2.79. The lowest BCUT2D eigenvalue weighted by Crippen LogP contribution is -2.51. The van der Waals surface area contributed by atoms with Crippen molar-refractivity contribution in [2.75, 3.05) is 23.7 Å². The van der Waals surface area contributed by atoms with Gasteiger partial charge in [-0.2, -0.15) is 0 Å². The third kappa shape index (κ3) is 7.24. The number of rotatable bonds is 10. The third-order valence-corrected chi connectivity index (χ3v) is 6.46. The van der Waals surface area contributed by atoms with Crippen LogP contribution in [0.4, 0.5) is 14.5 Å². The molecule has 0 saturated heterocycles. The summed E-state index contributed by atoms with van der Waals surface area (Å²) in [6, 6.07) is 9.02. The van der Waals surface area contributed by atoms with Crippen LogP contribution in [-0.2, 0) is 26.2 Å². The first-order valence-corrected chi connectivity index (χ1v) is 12.7. The number of anilines is 1. The van der Waals surface area contributed by atoms with Crippen molar-refractivity contribution in [3.05, 3.63) is 65.2 Å². The highest BCUT2D eigenvalue weighted by Crippen LogP contribution is 2.22. The zero-order valence-electron chi connectivity index (χ0n) is 20.0. The maximum atomic E-state index is 13.8. The standard InChI is InChI=1S/C24H31F2N3O4S/c1-16(2)13-27-24(31)18(4)28(14-19-9-7-6-8-17(19)3)23(30)15-29(34(5,32)33)20-10-11-21(25)22(26)12-20/h6-12,16,18H,13-15H2,1-5H3,(H,27,31)/t18-/m0/s1. The highest BCUT2D eigenvalue weighted by Gasteiger charge is 2.30. The number of carbonyl (C=O) groups is 2. The lowest BCUT2D eigenvalue weighted by molar-refractivity contribution is -0.139. The number of nitrogens with zero attached hydrogens (tertiary/aromatic N) is 2. The van der Waals surface area contributed by atoms with E-state index in [-0.39, 0.29) is 24.1 Å². The molecule has 0 radical (unpaired) electrons. The summed E-state index contributed by atoms with van der Waals surface area (Å²) in [5.41, 5.74) is 1.50. The van der Waals surface area contributed by atoms with Crippen molar-refractivity contribution in [3.63, 3.8) is 0 Å². The quantitative estimate of drug-likeness (QED) is 0.548. The minimum absolute atomic E-state index is 0.0666. The molecule has 0 unspecified atom stereocenters. The molecule has 2 aromatic rings. The third-order valence-electron chi connectivity index (χ3n) is 5.32. The first kappa shape index (κ1) is 27.2. The molecule has 0 aliphatic heterocycles. The topological polar surface area (TPSA) is 86.8 Å². The molecule has 1 N–H and O–H groups in total. The molecule has 0 bridgehead atoms. The van der Waals surface area contributed by atoms with Crippen molar-refractivity contribution in [1.29, 1.82) is 0 Å². The van der Waals surface area contributed by atoms with Crippen molar-refractivity contribution in [2.45, 2.75) is 40.3 Å². The molecule has 0 saturated carbocycles. The molecule has 0 aliphatic carbocycles. The number of aryl methyl sites for hydroxylation is 1. The van der Waals surface area contributed by atoms with Gasteiger partial charge in [-0.1, -0.05) is 38.1 Å². The summed E-state index contributed by atoms with van der Waals surface area (Å²) < 4.78 is 52.8. The Labute approximate surface area is 199 Å². The molecule has 0 fully saturated rings. The summed E-state index contributed by atoms with van der Waals surface area (Å²) in [4.78, 5) is 27.5. The van der Waals surface area contributed by atoms with Crippen LogP contribution in [-0.4, -0.2) is 50.5 Å². The number of hydrogen-bond acceptors (Lipinski definition) is 4. The second kappa shape index (κ2) is 11.4. The van der Waals surface area contributed by atoms with E-state index in [9.17, 15) is 26.8 Å². The number of sulfonamides is 1. The Hall–Kier alpha value is -3.01. The van der Waals surface area contributed by atoms with E-state index < -0.39 is 40.2 Å². The number of benzene rings is 2. The first-order chi connectivity index (χ1) is 15.8. The largest absolute Gasteiger partial charge is 0.354 e. The Morgan fingerprint density at radius 2 is 1.68 bits per heavy atom. The average Bonchev–Trinajstić information content (AvgIpc) is 2.75. The number of nitrogens with one attached hydrogen (secondary N) is 1. The van der Waals surface area contributed by atoms with Gasteiger partial charge in [0.2, 0.25) is 21.8 Å².